The van der Waals surface area contributed by atoms with Crippen LogP contribution in [-0.2, 0) is 5.41 Å². The van der Waals surface area contributed by atoms with Crippen LogP contribution < -0.4 is 4.90 Å². The fraction of sp³-hybridized carbons (Fsp3) is 0.0492. The lowest BCUT2D eigenvalue weighted by atomic mass is 9.73. The van der Waals surface area contributed by atoms with Gasteiger partial charge < -0.3 is 23.0 Å². The van der Waals surface area contributed by atoms with E-state index in [1.165, 1.54) is 49.6 Å². The molecule has 0 unspecified atom stereocenters. The molecule has 1 aliphatic rings. The SMILES string of the molecule is CC1(C)c2ccccc2N(c2cccc(-n3c4ccccc4c4cc5ccn(-c6ccc7oc8ccccc8c7c6)c5cc43)c2-c2ccccc2)c2cc3c(ccn3-c3ccccc3)cc21. The lowest BCUT2D eigenvalue weighted by Gasteiger charge is -2.43. The minimum Gasteiger partial charge on any atom is -0.456 e. The van der Waals surface area contributed by atoms with Gasteiger partial charge in [-0.25, -0.2) is 0 Å². The van der Waals surface area contributed by atoms with Crippen molar-refractivity contribution in [2.45, 2.75) is 19.3 Å². The summed E-state index contributed by atoms with van der Waals surface area (Å²) in [5, 5.41) is 7.09. The molecule has 0 fully saturated rings. The van der Waals surface area contributed by atoms with Crippen molar-refractivity contribution in [3.05, 3.63) is 230 Å². The fourth-order valence-corrected chi connectivity index (χ4v) is 11.2. The van der Waals surface area contributed by atoms with Crippen LogP contribution in [0.25, 0.3) is 93.7 Å². The molecule has 0 N–H and O–H groups in total. The van der Waals surface area contributed by atoms with Crippen LogP contribution in [0, 0.1) is 0 Å². The molecule has 5 heteroatoms. The summed E-state index contributed by atoms with van der Waals surface area (Å²) >= 11 is 0. The van der Waals surface area contributed by atoms with Crippen LogP contribution in [0.1, 0.15) is 25.0 Å². The Kier molecular flexibility index (Phi) is 7.68. The van der Waals surface area contributed by atoms with Crippen molar-refractivity contribution in [1.82, 2.24) is 13.7 Å². The van der Waals surface area contributed by atoms with Gasteiger partial charge in [0.05, 0.1) is 44.8 Å². The number of anilines is 3. The third-order valence-corrected chi connectivity index (χ3v) is 14.3. The summed E-state index contributed by atoms with van der Waals surface area (Å²) in [7, 11) is 0. The van der Waals surface area contributed by atoms with Crippen molar-refractivity contribution in [2.75, 3.05) is 4.90 Å². The predicted molar refractivity (Wildman–Crippen MR) is 274 cm³/mol. The van der Waals surface area contributed by atoms with E-state index in [9.17, 15) is 0 Å². The number of nitrogens with zero attached hydrogens (tertiary/aromatic N) is 4. The number of furan rings is 1. The van der Waals surface area contributed by atoms with Gasteiger partial charge in [-0.2, -0.15) is 0 Å². The Morgan fingerprint density at radius 1 is 0.379 bits per heavy atom. The molecule has 0 bridgehead atoms. The number of para-hydroxylation sites is 4. The number of hydrogen-bond acceptors (Lipinski definition) is 2. The van der Waals surface area contributed by atoms with Crippen LogP contribution in [0.4, 0.5) is 17.1 Å². The standard InChI is InChI=1S/C61H42N4O/c1-61(2)48-22-11-13-24-51(48)65(57-38-55-41(35-49(57)61)31-32-62(55)42-18-7-4-8-19-42)53-26-15-25-52(60(53)39-16-5-3-6-17-39)64-50-23-12-9-20-44(50)46-34-40-30-33-63(54(40)37-56(46)64)43-28-29-59-47(36-43)45-21-10-14-27-58(45)66-59/h3-38H,1-2H3. The van der Waals surface area contributed by atoms with E-state index >= 15 is 0 Å². The largest absolute Gasteiger partial charge is 0.456 e. The lowest BCUT2D eigenvalue weighted by Crippen LogP contribution is -2.31. The summed E-state index contributed by atoms with van der Waals surface area (Å²) < 4.78 is 13.4. The van der Waals surface area contributed by atoms with Crippen LogP contribution in [0.3, 0.4) is 0 Å². The van der Waals surface area contributed by atoms with Crippen molar-refractivity contribution in [2.24, 2.45) is 0 Å². The molecule has 312 valence electrons. The first kappa shape index (κ1) is 36.9. The van der Waals surface area contributed by atoms with Gasteiger partial charge in [0.15, 0.2) is 0 Å². The van der Waals surface area contributed by atoms with Gasteiger partial charge in [-0.1, -0.05) is 123 Å². The maximum absolute atomic E-state index is 6.24. The van der Waals surface area contributed by atoms with Gasteiger partial charge >= 0.3 is 0 Å². The minimum absolute atomic E-state index is 0.252. The van der Waals surface area contributed by atoms with E-state index in [-0.39, 0.29) is 5.41 Å². The van der Waals surface area contributed by atoms with Crippen LogP contribution in [0.5, 0.6) is 0 Å². The third-order valence-electron chi connectivity index (χ3n) is 14.3. The van der Waals surface area contributed by atoms with E-state index < -0.39 is 0 Å². The molecule has 5 heterocycles. The molecular weight excluding hydrogens is 805 g/mol. The van der Waals surface area contributed by atoms with Gasteiger partial charge in [-0.3, -0.25) is 0 Å². The molecule has 66 heavy (non-hydrogen) atoms. The molecule has 4 aromatic heterocycles. The Labute approximate surface area is 381 Å². The highest BCUT2D eigenvalue weighted by molar-refractivity contribution is 6.14. The molecule has 0 spiro atoms. The Morgan fingerprint density at radius 2 is 1.03 bits per heavy atom. The average Bonchev–Trinajstić information content (AvgIpc) is 4.15. The number of benzene rings is 9. The second-order valence-corrected chi connectivity index (χ2v) is 18.2. The highest BCUT2D eigenvalue weighted by Gasteiger charge is 2.38. The van der Waals surface area contributed by atoms with Crippen molar-refractivity contribution >= 4 is 82.6 Å². The van der Waals surface area contributed by atoms with Crippen LogP contribution in [0.15, 0.2) is 223 Å². The number of aromatic nitrogens is 3. The molecule has 0 radical (unpaired) electrons. The zero-order chi connectivity index (χ0) is 43.7. The summed E-state index contributed by atoms with van der Waals surface area (Å²) in [5.41, 5.74) is 17.9. The van der Waals surface area contributed by atoms with Crippen LogP contribution in [0.2, 0.25) is 0 Å². The second kappa shape index (κ2) is 13.7. The van der Waals surface area contributed by atoms with Crippen LogP contribution >= 0.6 is 0 Å². The van der Waals surface area contributed by atoms with E-state index in [1.807, 2.05) is 12.1 Å². The molecule has 14 rings (SSSR count). The topological polar surface area (TPSA) is 31.2 Å². The van der Waals surface area contributed by atoms with E-state index in [2.05, 4.69) is 239 Å². The van der Waals surface area contributed by atoms with Crippen molar-refractivity contribution in [3.63, 3.8) is 0 Å². The van der Waals surface area contributed by atoms with Gasteiger partial charge in [0, 0.05) is 67.1 Å². The molecule has 0 aliphatic carbocycles. The first-order valence-electron chi connectivity index (χ1n) is 22.7. The number of hydrogen-bond donors (Lipinski definition) is 0. The summed E-state index contributed by atoms with van der Waals surface area (Å²) in [6.45, 7) is 4.75. The quantitative estimate of drug-likeness (QED) is 0.173. The third kappa shape index (κ3) is 5.22. The fourth-order valence-electron chi connectivity index (χ4n) is 11.2. The van der Waals surface area contributed by atoms with E-state index in [0.29, 0.717) is 0 Å². The molecule has 0 amide bonds. The van der Waals surface area contributed by atoms with E-state index in [1.54, 1.807) is 0 Å². The van der Waals surface area contributed by atoms with Gasteiger partial charge in [0.1, 0.15) is 11.2 Å². The molecule has 1 aliphatic heterocycles. The number of fused-ring (bicyclic) bond motifs is 10. The average molecular weight is 847 g/mol. The highest BCUT2D eigenvalue weighted by atomic mass is 16.3. The Balaban J connectivity index is 1.05. The zero-order valence-electron chi connectivity index (χ0n) is 36.5. The molecule has 0 saturated carbocycles. The molecule has 0 saturated heterocycles. The first-order chi connectivity index (χ1) is 32.5. The summed E-state index contributed by atoms with van der Waals surface area (Å²) in [6.07, 6.45) is 4.41. The van der Waals surface area contributed by atoms with E-state index in [4.69, 9.17) is 4.42 Å². The summed E-state index contributed by atoms with van der Waals surface area (Å²) in [4.78, 5) is 2.54. The van der Waals surface area contributed by atoms with Gasteiger partial charge in [0.25, 0.3) is 0 Å². The normalized spacial score (nSPS) is 13.4. The molecule has 9 aromatic carbocycles. The molecule has 0 atom stereocenters. The van der Waals surface area contributed by atoms with Crippen molar-refractivity contribution < 1.29 is 4.42 Å². The second-order valence-electron chi connectivity index (χ2n) is 18.2. The highest BCUT2D eigenvalue weighted by Crippen LogP contribution is 2.55. The van der Waals surface area contributed by atoms with Crippen LogP contribution in [-0.4, -0.2) is 13.7 Å². The summed E-state index contributed by atoms with van der Waals surface area (Å²) in [5.74, 6) is 0. The molecular formula is C61H42N4O. The lowest BCUT2D eigenvalue weighted by molar-refractivity contribution is 0.633. The van der Waals surface area contributed by atoms with Gasteiger partial charge in [-0.15, -0.1) is 0 Å². The first-order valence-corrected chi connectivity index (χ1v) is 22.7. The Bertz CT molecular complexity index is 4090. The Morgan fingerprint density at radius 3 is 1.88 bits per heavy atom. The predicted octanol–water partition coefficient (Wildman–Crippen LogP) is 16.3. The van der Waals surface area contributed by atoms with Gasteiger partial charge in [-0.05, 0) is 114 Å². The molecule has 5 nitrogen and oxygen atoms in total. The summed E-state index contributed by atoms with van der Waals surface area (Å²) in [6, 6.07) is 75.3. The molecule has 13 aromatic rings. The van der Waals surface area contributed by atoms with Crippen molar-refractivity contribution in [3.8, 4) is 28.2 Å². The maximum Gasteiger partial charge on any atom is 0.135 e. The Hall–Kier alpha value is -8.54. The smallest absolute Gasteiger partial charge is 0.135 e. The van der Waals surface area contributed by atoms with E-state index in [0.717, 1.165) is 72.4 Å². The zero-order valence-corrected chi connectivity index (χ0v) is 36.5. The number of rotatable bonds is 5. The minimum atomic E-state index is -0.252. The van der Waals surface area contributed by atoms with Gasteiger partial charge in [0.2, 0.25) is 0 Å². The maximum atomic E-state index is 6.24. The van der Waals surface area contributed by atoms with Crippen molar-refractivity contribution in [1.29, 1.82) is 0 Å². The monoisotopic (exact) mass is 846 g/mol.